The van der Waals surface area contributed by atoms with Crippen LogP contribution < -0.4 is 0 Å². The standard InChI is InChI=1S/C10H10OS/c1-2-10(11-6-1)4-3-9-5-7-12-8-9/h1-2,5-8H,3-4H2. The first kappa shape index (κ1) is 7.62. The van der Waals surface area contributed by atoms with Crippen LogP contribution in [0.3, 0.4) is 0 Å². The molecule has 0 aliphatic carbocycles. The van der Waals surface area contributed by atoms with E-state index in [1.54, 1.807) is 17.6 Å². The topological polar surface area (TPSA) is 13.1 Å². The molecule has 2 aromatic heterocycles. The van der Waals surface area contributed by atoms with Gasteiger partial charge in [-0.2, -0.15) is 11.3 Å². The van der Waals surface area contributed by atoms with E-state index in [1.165, 1.54) is 5.56 Å². The normalized spacial score (nSPS) is 10.3. The summed E-state index contributed by atoms with van der Waals surface area (Å²) in [6.45, 7) is 0. The maximum absolute atomic E-state index is 5.24. The average Bonchev–Trinajstić information content (AvgIpc) is 2.74. The van der Waals surface area contributed by atoms with Gasteiger partial charge < -0.3 is 4.42 Å². The third kappa shape index (κ3) is 1.77. The molecule has 0 spiro atoms. The highest BCUT2D eigenvalue weighted by molar-refractivity contribution is 7.07. The van der Waals surface area contributed by atoms with Crippen LogP contribution in [0.1, 0.15) is 11.3 Å². The van der Waals surface area contributed by atoms with Gasteiger partial charge in [-0.05, 0) is 40.9 Å². The van der Waals surface area contributed by atoms with Gasteiger partial charge in [0.25, 0.3) is 0 Å². The summed E-state index contributed by atoms with van der Waals surface area (Å²) in [5, 5.41) is 4.29. The molecule has 12 heavy (non-hydrogen) atoms. The van der Waals surface area contributed by atoms with E-state index in [4.69, 9.17) is 4.42 Å². The van der Waals surface area contributed by atoms with E-state index in [0.29, 0.717) is 0 Å². The molecule has 0 saturated heterocycles. The van der Waals surface area contributed by atoms with E-state index < -0.39 is 0 Å². The minimum atomic E-state index is 1.00. The van der Waals surface area contributed by atoms with Crippen molar-refractivity contribution in [3.8, 4) is 0 Å². The summed E-state index contributed by atoms with van der Waals surface area (Å²) in [4.78, 5) is 0. The number of rotatable bonds is 3. The fourth-order valence-corrected chi connectivity index (χ4v) is 1.86. The van der Waals surface area contributed by atoms with Gasteiger partial charge in [-0.3, -0.25) is 0 Å². The fourth-order valence-electron chi connectivity index (χ4n) is 1.16. The van der Waals surface area contributed by atoms with Gasteiger partial charge in [-0.1, -0.05) is 0 Å². The Balaban J connectivity index is 1.91. The summed E-state index contributed by atoms with van der Waals surface area (Å²) in [6.07, 6.45) is 3.81. The highest BCUT2D eigenvalue weighted by atomic mass is 32.1. The SMILES string of the molecule is c1coc(CCc2ccsc2)c1. The van der Waals surface area contributed by atoms with Crippen LogP contribution in [0.25, 0.3) is 0 Å². The molecule has 1 nitrogen and oxygen atoms in total. The van der Waals surface area contributed by atoms with Crippen molar-refractivity contribution in [1.82, 2.24) is 0 Å². The Labute approximate surface area is 75.7 Å². The summed E-state index contributed by atoms with van der Waals surface area (Å²) < 4.78 is 5.24. The molecule has 62 valence electrons. The Morgan fingerprint density at radius 1 is 1.25 bits per heavy atom. The van der Waals surface area contributed by atoms with Gasteiger partial charge in [0, 0.05) is 6.42 Å². The molecule has 0 fully saturated rings. The van der Waals surface area contributed by atoms with Crippen LogP contribution >= 0.6 is 11.3 Å². The van der Waals surface area contributed by atoms with E-state index in [9.17, 15) is 0 Å². The molecule has 0 radical (unpaired) electrons. The summed E-state index contributed by atoms with van der Waals surface area (Å²) in [5.74, 6) is 1.07. The predicted octanol–water partition coefficient (Wildman–Crippen LogP) is 3.13. The van der Waals surface area contributed by atoms with Crippen LogP contribution in [0.4, 0.5) is 0 Å². The summed E-state index contributed by atoms with van der Waals surface area (Å²) in [6, 6.07) is 6.11. The first-order chi connectivity index (χ1) is 5.95. The van der Waals surface area contributed by atoms with E-state index >= 15 is 0 Å². The lowest BCUT2D eigenvalue weighted by atomic mass is 10.2. The lowest BCUT2D eigenvalue weighted by molar-refractivity contribution is 0.508. The maximum atomic E-state index is 5.24. The number of aryl methyl sites for hydroxylation is 2. The molecular formula is C10H10OS. The minimum absolute atomic E-state index is 1.00. The molecule has 0 aromatic carbocycles. The lowest BCUT2D eigenvalue weighted by Gasteiger charge is -1.93. The van der Waals surface area contributed by atoms with Crippen molar-refractivity contribution < 1.29 is 4.42 Å². The minimum Gasteiger partial charge on any atom is -0.469 e. The quantitative estimate of drug-likeness (QED) is 0.703. The van der Waals surface area contributed by atoms with Crippen molar-refractivity contribution in [2.45, 2.75) is 12.8 Å². The van der Waals surface area contributed by atoms with Crippen LogP contribution in [0, 0.1) is 0 Å². The average molecular weight is 178 g/mol. The number of hydrogen-bond donors (Lipinski definition) is 0. The zero-order valence-electron chi connectivity index (χ0n) is 6.69. The van der Waals surface area contributed by atoms with Crippen LogP contribution in [0.15, 0.2) is 39.6 Å². The van der Waals surface area contributed by atoms with E-state index in [1.807, 2.05) is 12.1 Å². The van der Waals surface area contributed by atoms with Gasteiger partial charge in [-0.15, -0.1) is 0 Å². The summed E-state index contributed by atoms with van der Waals surface area (Å²) in [5.41, 5.74) is 1.40. The maximum Gasteiger partial charge on any atom is 0.104 e. The molecule has 2 heteroatoms. The first-order valence-electron chi connectivity index (χ1n) is 3.98. The van der Waals surface area contributed by atoms with Crippen molar-refractivity contribution in [1.29, 1.82) is 0 Å². The Hall–Kier alpha value is -1.02. The van der Waals surface area contributed by atoms with Crippen molar-refractivity contribution >= 4 is 11.3 Å². The second-order valence-electron chi connectivity index (χ2n) is 2.71. The highest BCUT2D eigenvalue weighted by Gasteiger charge is 1.97. The molecule has 0 amide bonds. The Morgan fingerprint density at radius 3 is 2.92 bits per heavy atom. The molecule has 0 bridgehead atoms. The second-order valence-corrected chi connectivity index (χ2v) is 3.49. The monoisotopic (exact) mass is 178 g/mol. The van der Waals surface area contributed by atoms with Gasteiger partial charge in [0.1, 0.15) is 5.76 Å². The van der Waals surface area contributed by atoms with E-state index in [-0.39, 0.29) is 0 Å². The molecule has 2 aromatic rings. The smallest absolute Gasteiger partial charge is 0.104 e. The second kappa shape index (κ2) is 3.59. The molecule has 0 unspecified atom stereocenters. The van der Waals surface area contributed by atoms with E-state index in [2.05, 4.69) is 16.8 Å². The molecule has 0 atom stereocenters. The largest absolute Gasteiger partial charge is 0.469 e. The Morgan fingerprint density at radius 2 is 2.25 bits per heavy atom. The summed E-state index contributed by atoms with van der Waals surface area (Å²) >= 11 is 1.75. The first-order valence-corrected chi connectivity index (χ1v) is 4.93. The van der Waals surface area contributed by atoms with Crippen LogP contribution in [0.5, 0.6) is 0 Å². The van der Waals surface area contributed by atoms with Crippen molar-refractivity contribution in [2.24, 2.45) is 0 Å². The third-order valence-corrected chi connectivity index (χ3v) is 2.55. The lowest BCUT2D eigenvalue weighted by Crippen LogP contribution is -1.85. The molecule has 0 N–H and O–H groups in total. The zero-order valence-corrected chi connectivity index (χ0v) is 7.51. The zero-order chi connectivity index (χ0) is 8.23. The molecule has 2 heterocycles. The van der Waals surface area contributed by atoms with Gasteiger partial charge in [0.2, 0.25) is 0 Å². The molecule has 2 rings (SSSR count). The molecule has 0 saturated carbocycles. The Kier molecular flexibility index (Phi) is 2.28. The van der Waals surface area contributed by atoms with Gasteiger partial charge in [-0.25, -0.2) is 0 Å². The number of thiophene rings is 1. The van der Waals surface area contributed by atoms with Crippen molar-refractivity contribution in [2.75, 3.05) is 0 Å². The van der Waals surface area contributed by atoms with Crippen LogP contribution in [0.2, 0.25) is 0 Å². The van der Waals surface area contributed by atoms with Crippen LogP contribution in [-0.2, 0) is 12.8 Å². The molecular weight excluding hydrogens is 168 g/mol. The van der Waals surface area contributed by atoms with Gasteiger partial charge >= 0.3 is 0 Å². The molecule has 0 aliphatic rings. The summed E-state index contributed by atoms with van der Waals surface area (Å²) in [7, 11) is 0. The third-order valence-electron chi connectivity index (χ3n) is 1.82. The van der Waals surface area contributed by atoms with Crippen molar-refractivity contribution in [3.63, 3.8) is 0 Å². The number of hydrogen-bond acceptors (Lipinski definition) is 2. The van der Waals surface area contributed by atoms with Gasteiger partial charge in [0.15, 0.2) is 0 Å². The fraction of sp³-hybridized carbons (Fsp3) is 0.200. The highest BCUT2D eigenvalue weighted by Crippen LogP contribution is 2.10. The predicted molar refractivity (Wildman–Crippen MR) is 50.4 cm³/mol. The van der Waals surface area contributed by atoms with Crippen molar-refractivity contribution in [3.05, 3.63) is 46.5 Å². The van der Waals surface area contributed by atoms with Crippen LogP contribution in [-0.4, -0.2) is 0 Å². The Bertz CT molecular complexity index is 273. The van der Waals surface area contributed by atoms with Gasteiger partial charge in [0.05, 0.1) is 6.26 Å². The number of furan rings is 1. The van der Waals surface area contributed by atoms with E-state index in [0.717, 1.165) is 18.6 Å². The molecule has 0 aliphatic heterocycles.